The summed E-state index contributed by atoms with van der Waals surface area (Å²) in [5.41, 5.74) is 8.49. The lowest BCUT2D eigenvalue weighted by atomic mass is 10.2. The van der Waals surface area contributed by atoms with Crippen LogP contribution < -0.4 is 15.8 Å². The van der Waals surface area contributed by atoms with Crippen molar-refractivity contribution in [1.29, 1.82) is 0 Å². The van der Waals surface area contributed by atoms with E-state index in [-0.39, 0.29) is 10.9 Å². The van der Waals surface area contributed by atoms with E-state index in [1.54, 1.807) is 19.2 Å². The summed E-state index contributed by atoms with van der Waals surface area (Å²) in [6, 6.07) is 6.07. The number of hydrogen-bond donors (Lipinski definition) is 2. The van der Waals surface area contributed by atoms with Gasteiger partial charge in [-0.1, -0.05) is 18.5 Å². The summed E-state index contributed by atoms with van der Waals surface area (Å²) in [6.07, 6.45) is 0.669. The molecule has 120 valence electrons. The highest BCUT2D eigenvalue weighted by Gasteiger charge is 2.17. The fraction of sp³-hybridized carbons (Fsp3) is 0.188. The highest BCUT2D eigenvalue weighted by Crippen LogP contribution is 2.38. The van der Waals surface area contributed by atoms with Gasteiger partial charge in [0.15, 0.2) is 5.58 Å². The van der Waals surface area contributed by atoms with Crippen LogP contribution in [0.25, 0.3) is 11.0 Å². The summed E-state index contributed by atoms with van der Waals surface area (Å²) in [5, 5.41) is 3.88. The minimum absolute atomic E-state index is 0.0230. The van der Waals surface area contributed by atoms with Gasteiger partial charge in [0.2, 0.25) is 11.8 Å². The van der Waals surface area contributed by atoms with E-state index >= 15 is 0 Å². The molecule has 2 heterocycles. The van der Waals surface area contributed by atoms with Gasteiger partial charge in [-0.25, -0.2) is 9.37 Å². The number of furan rings is 1. The largest absolute Gasteiger partial charge is 0.481 e. The number of aryl methyl sites for hydroxylation is 1. The van der Waals surface area contributed by atoms with Gasteiger partial charge in [-0.3, -0.25) is 0 Å². The Kier molecular flexibility index (Phi) is 4.00. The fourth-order valence-electron chi connectivity index (χ4n) is 2.35. The average molecular weight is 336 g/mol. The molecule has 3 aromatic rings. The minimum atomic E-state index is -0.485. The van der Waals surface area contributed by atoms with Crippen LogP contribution in [-0.2, 0) is 6.42 Å². The molecule has 0 amide bonds. The Bertz CT molecular complexity index is 879. The smallest absolute Gasteiger partial charge is 0.215 e. The second-order valence-corrected chi connectivity index (χ2v) is 5.34. The van der Waals surface area contributed by atoms with E-state index in [4.69, 9.17) is 26.5 Å². The molecule has 0 radical (unpaired) electrons. The first-order valence-corrected chi connectivity index (χ1v) is 7.39. The Balaban J connectivity index is 2.12. The first-order chi connectivity index (χ1) is 11.0. The van der Waals surface area contributed by atoms with Gasteiger partial charge >= 0.3 is 0 Å². The van der Waals surface area contributed by atoms with Gasteiger partial charge < -0.3 is 20.2 Å². The Hall–Kier alpha value is -2.47. The number of nitrogens with two attached hydrogens (primary N) is 1. The van der Waals surface area contributed by atoms with Gasteiger partial charge in [-0.15, -0.1) is 0 Å². The van der Waals surface area contributed by atoms with E-state index in [1.807, 2.05) is 6.92 Å². The van der Waals surface area contributed by atoms with Gasteiger partial charge in [0.1, 0.15) is 11.5 Å². The van der Waals surface area contributed by atoms with Crippen LogP contribution in [0, 0.1) is 5.82 Å². The maximum absolute atomic E-state index is 13.3. The second kappa shape index (κ2) is 5.96. The molecule has 0 aliphatic carbocycles. The topological polar surface area (TPSA) is 73.3 Å². The SMILES string of the molecule is CCc1nc(OC)cc2c(Nc3ccc(F)c(Cl)c3)c(N)oc12. The molecule has 0 saturated heterocycles. The van der Waals surface area contributed by atoms with Crippen LogP contribution in [-0.4, -0.2) is 12.1 Å². The Morgan fingerprint density at radius 1 is 1.39 bits per heavy atom. The number of methoxy groups -OCH3 is 1. The Morgan fingerprint density at radius 2 is 2.17 bits per heavy atom. The highest BCUT2D eigenvalue weighted by atomic mass is 35.5. The number of nitrogen functional groups attached to an aromatic ring is 1. The van der Waals surface area contributed by atoms with Crippen LogP contribution in [0.3, 0.4) is 0 Å². The van der Waals surface area contributed by atoms with Crippen LogP contribution >= 0.6 is 11.6 Å². The number of anilines is 3. The number of nitrogens with one attached hydrogen (secondary N) is 1. The van der Waals surface area contributed by atoms with Gasteiger partial charge in [0.25, 0.3) is 0 Å². The molecule has 3 rings (SSSR count). The molecule has 0 unspecified atom stereocenters. The van der Waals surface area contributed by atoms with E-state index in [0.717, 1.165) is 11.1 Å². The summed E-state index contributed by atoms with van der Waals surface area (Å²) in [4.78, 5) is 4.36. The molecule has 0 atom stereocenters. The molecule has 0 saturated carbocycles. The van der Waals surface area contributed by atoms with Crippen molar-refractivity contribution in [2.45, 2.75) is 13.3 Å². The predicted molar refractivity (Wildman–Crippen MR) is 89.0 cm³/mol. The molecule has 0 aliphatic rings. The van der Waals surface area contributed by atoms with E-state index in [9.17, 15) is 4.39 Å². The van der Waals surface area contributed by atoms with E-state index in [1.165, 1.54) is 12.1 Å². The third kappa shape index (κ3) is 2.77. The van der Waals surface area contributed by atoms with Crippen molar-refractivity contribution in [3.63, 3.8) is 0 Å². The molecular weight excluding hydrogens is 321 g/mol. The van der Waals surface area contributed by atoms with Crippen LogP contribution in [0.2, 0.25) is 5.02 Å². The van der Waals surface area contributed by atoms with E-state index < -0.39 is 5.82 Å². The normalized spacial score (nSPS) is 11.0. The van der Waals surface area contributed by atoms with Crippen molar-refractivity contribution in [3.8, 4) is 5.88 Å². The van der Waals surface area contributed by atoms with E-state index in [2.05, 4.69) is 10.3 Å². The van der Waals surface area contributed by atoms with Gasteiger partial charge in [0, 0.05) is 11.8 Å². The number of aromatic nitrogens is 1. The zero-order chi connectivity index (χ0) is 16.6. The van der Waals surface area contributed by atoms with Crippen molar-refractivity contribution in [3.05, 3.63) is 40.8 Å². The molecule has 0 spiro atoms. The number of ether oxygens (including phenoxy) is 1. The lowest BCUT2D eigenvalue weighted by molar-refractivity contribution is 0.397. The third-order valence-corrected chi connectivity index (χ3v) is 3.77. The fourth-order valence-corrected chi connectivity index (χ4v) is 2.53. The monoisotopic (exact) mass is 335 g/mol. The number of hydrogen-bond acceptors (Lipinski definition) is 5. The maximum Gasteiger partial charge on any atom is 0.215 e. The third-order valence-electron chi connectivity index (χ3n) is 3.48. The molecule has 7 heteroatoms. The molecule has 0 aliphatic heterocycles. The zero-order valence-electron chi connectivity index (χ0n) is 12.6. The first-order valence-electron chi connectivity index (χ1n) is 7.01. The molecule has 5 nitrogen and oxygen atoms in total. The van der Waals surface area contributed by atoms with Crippen molar-refractivity contribution >= 4 is 39.8 Å². The quantitative estimate of drug-likeness (QED) is 0.733. The Morgan fingerprint density at radius 3 is 2.83 bits per heavy atom. The zero-order valence-corrected chi connectivity index (χ0v) is 13.4. The first kappa shape index (κ1) is 15.4. The summed E-state index contributed by atoms with van der Waals surface area (Å²) in [5.74, 6) is 0.196. The molecular formula is C16H15ClFN3O2. The summed E-state index contributed by atoms with van der Waals surface area (Å²) < 4.78 is 24.1. The average Bonchev–Trinajstić information content (AvgIpc) is 2.86. The molecule has 0 fully saturated rings. The number of rotatable bonds is 4. The van der Waals surface area contributed by atoms with Crippen LogP contribution in [0.5, 0.6) is 5.88 Å². The van der Waals surface area contributed by atoms with Crippen LogP contribution in [0.4, 0.5) is 21.6 Å². The highest BCUT2D eigenvalue weighted by molar-refractivity contribution is 6.31. The number of nitrogens with zero attached hydrogens (tertiary/aromatic N) is 1. The molecule has 2 aromatic heterocycles. The van der Waals surface area contributed by atoms with Gasteiger partial charge in [0.05, 0.1) is 23.2 Å². The standard InChI is InChI=1S/C16H15ClFN3O2/c1-3-12-15-9(7-13(21-12)22-2)14(16(19)23-15)20-8-4-5-11(18)10(17)6-8/h4-7,20H,3,19H2,1-2H3. The minimum Gasteiger partial charge on any atom is -0.481 e. The van der Waals surface area contributed by atoms with Gasteiger partial charge in [-0.2, -0.15) is 0 Å². The van der Waals surface area contributed by atoms with Crippen molar-refractivity contribution < 1.29 is 13.5 Å². The summed E-state index contributed by atoms with van der Waals surface area (Å²) >= 11 is 5.81. The van der Waals surface area contributed by atoms with E-state index in [0.29, 0.717) is 29.3 Å². The number of halogens is 2. The Labute approximate surface area is 137 Å². The van der Waals surface area contributed by atoms with Crippen molar-refractivity contribution in [2.75, 3.05) is 18.2 Å². The predicted octanol–water partition coefficient (Wildman–Crippen LogP) is 4.52. The second-order valence-electron chi connectivity index (χ2n) is 4.94. The lowest BCUT2D eigenvalue weighted by Gasteiger charge is -2.07. The van der Waals surface area contributed by atoms with Crippen LogP contribution in [0.15, 0.2) is 28.7 Å². The van der Waals surface area contributed by atoms with Crippen molar-refractivity contribution in [1.82, 2.24) is 4.98 Å². The maximum atomic E-state index is 13.3. The molecule has 23 heavy (non-hydrogen) atoms. The molecule has 0 bridgehead atoms. The van der Waals surface area contributed by atoms with Crippen LogP contribution in [0.1, 0.15) is 12.6 Å². The summed E-state index contributed by atoms with van der Waals surface area (Å²) in [6.45, 7) is 1.97. The number of fused-ring (bicyclic) bond motifs is 1. The lowest BCUT2D eigenvalue weighted by Crippen LogP contribution is -1.96. The number of pyridine rings is 1. The van der Waals surface area contributed by atoms with Gasteiger partial charge in [-0.05, 0) is 24.6 Å². The molecule has 1 aromatic carbocycles. The number of benzene rings is 1. The molecule has 3 N–H and O–H groups in total. The summed E-state index contributed by atoms with van der Waals surface area (Å²) in [7, 11) is 1.55. The van der Waals surface area contributed by atoms with Crippen molar-refractivity contribution in [2.24, 2.45) is 0 Å².